The van der Waals surface area contributed by atoms with Gasteiger partial charge in [-0.05, 0) is 73.9 Å². The Balaban J connectivity index is 1.39. The molecule has 1 N–H and O–H groups in total. The van der Waals surface area contributed by atoms with Gasteiger partial charge in [0.05, 0.1) is 29.2 Å². The van der Waals surface area contributed by atoms with E-state index in [9.17, 15) is 13.2 Å². The van der Waals surface area contributed by atoms with Crippen molar-refractivity contribution in [2.24, 2.45) is 0 Å². The molecule has 32 heavy (non-hydrogen) atoms. The van der Waals surface area contributed by atoms with Gasteiger partial charge in [-0.2, -0.15) is 0 Å². The molecule has 168 valence electrons. The zero-order valence-corrected chi connectivity index (χ0v) is 18.9. The highest BCUT2D eigenvalue weighted by atomic mass is 32.2. The van der Waals surface area contributed by atoms with E-state index in [1.165, 1.54) is 0 Å². The van der Waals surface area contributed by atoms with Crippen molar-refractivity contribution in [1.82, 2.24) is 4.90 Å². The third-order valence-electron chi connectivity index (χ3n) is 5.75. The molecular formula is C24H26N2O5S. The van der Waals surface area contributed by atoms with E-state index < -0.39 is 15.1 Å². The van der Waals surface area contributed by atoms with E-state index in [-0.39, 0.29) is 6.03 Å². The predicted octanol–water partition coefficient (Wildman–Crippen LogP) is 4.73. The lowest BCUT2D eigenvalue weighted by Gasteiger charge is -2.32. The molecule has 1 aromatic heterocycles. The molecule has 0 radical (unpaired) electrons. The minimum atomic E-state index is -3.48. The van der Waals surface area contributed by atoms with Gasteiger partial charge in [-0.25, -0.2) is 13.2 Å². The quantitative estimate of drug-likeness (QED) is 0.602. The summed E-state index contributed by atoms with van der Waals surface area (Å²) in [6.45, 7) is 2.68. The predicted molar refractivity (Wildman–Crippen MR) is 123 cm³/mol. The van der Waals surface area contributed by atoms with Crippen LogP contribution >= 0.6 is 0 Å². The molecule has 2 aromatic carbocycles. The van der Waals surface area contributed by atoms with Gasteiger partial charge in [-0.15, -0.1) is 0 Å². The number of carbonyl (C=O) groups is 1. The summed E-state index contributed by atoms with van der Waals surface area (Å²) >= 11 is 0. The molecule has 1 fully saturated rings. The van der Waals surface area contributed by atoms with Gasteiger partial charge < -0.3 is 19.4 Å². The number of nitrogens with zero attached hydrogens (tertiary/aromatic N) is 1. The van der Waals surface area contributed by atoms with Crippen molar-refractivity contribution in [2.45, 2.75) is 29.9 Å². The van der Waals surface area contributed by atoms with E-state index in [4.69, 9.17) is 9.15 Å². The molecule has 1 aliphatic heterocycles. The summed E-state index contributed by atoms with van der Waals surface area (Å²) in [5.41, 5.74) is 2.43. The standard InChI is InChI=1S/C24H26N2O5S/c1-17-5-10-23(30-2)21(16-17)25-24(27)26-13-11-20(12-14-26)32(28,29)19-8-6-18(7-9-19)22-4-3-15-31-22/h3-10,15-16,20H,11-14H2,1-2H3,(H,25,27). The maximum absolute atomic E-state index is 13.1. The molecule has 8 heteroatoms. The van der Waals surface area contributed by atoms with Crippen molar-refractivity contribution in [2.75, 3.05) is 25.5 Å². The second kappa shape index (κ2) is 9.08. The first-order chi connectivity index (χ1) is 15.4. The number of aryl methyl sites for hydroxylation is 1. The van der Waals surface area contributed by atoms with E-state index in [1.807, 2.05) is 25.1 Å². The van der Waals surface area contributed by atoms with Crippen molar-refractivity contribution in [1.29, 1.82) is 0 Å². The molecule has 0 bridgehead atoms. The van der Waals surface area contributed by atoms with Crippen molar-refractivity contribution in [3.63, 3.8) is 0 Å². The Hall–Kier alpha value is -3.26. The zero-order valence-electron chi connectivity index (χ0n) is 18.1. The molecule has 4 rings (SSSR count). The van der Waals surface area contributed by atoms with Crippen LogP contribution in [0.15, 0.2) is 70.2 Å². The number of piperidine rings is 1. The number of amides is 2. The van der Waals surface area contributed by atoms with Crippen LogP contribution in [0.2, 0.25) is 0 Å². The van der Waals surface area contributed by atoms with Gasteiger partial charge in [-0.1, -0.05) is 6.07 Å². The average molecular weight is 455 g/mol. The number of likely N-dealkylation sites (tertiary alicyclic amines) is 1. The zero-order chi connectivity index (χ0) is 22.7. The minimum Gasteiger partial charge on any atom is -0.495 e. The second-order valence-electron chi connectivity index (χ2n) is 7.87. The van der Waals surface area contributed by atoms with Gasteiger partial charge in [0.15, 0.2) is 9.84 Å². The Bertz CT molecular complexity index is 1180. The van der Waals surface area contributed by atoms with Crippen molar-refractivity contribution in [3.05, 3.63) is 66.4 Å². The van der Waals surface area contributed by atoms with Crippen LogP contribution in [0.25, 0.3) is 11.3 Å². The molecule has 0 aliphatic carbocycles. The molecule has 0 saturated carbocycles. The number of hydrogen-bond acceptors (Lipinski definition) is 5. The minimum absolute atomic E-state index is 0.257. The van der Waals surface area contributed by atoms with Gasteiger partial charge in [0, 0.05) is 18.7 Å². The Labute approximate surface area is 187 Å². The number of urea groups is 1. The van der Waals surface area contributed by atoms with E-state index in [2.05, 4.69) is 5.32 Å². The largest absolute Gasteiger partial charge is 0.495 e. The summed E-state index contributed by atoms with van der Waals surface area (Å²) in [6, 6.07) is 15.7. The topological polar surface area (TPSA) is 88.9 Å². The van der Waals surface area contributed by atoms with E-state index in [0.29, 0.717) is 48.0 Å². The van der Waals surface area contributed by atoms with Crippen LogP contribution in [0.1, 0.15) is 18.4 Å². The van der Waals surface area contributed by atoms with Gasteiger partial charge >= 0.3 is 6.03 Å². The Morgan fingerprint density at radius 3 is 2.44 bits per heavy atom. The Morgan fingerprint density at radius 1 is 1.09 bits per heavy atom. The maximum Gasteiger partial charge on any atom is 0.321 e. The first-order valence-electron chi connectivity index (χ1n) is 10.5. The molecule has 7 nitrogen and oxygen atoms in total. The Morgan fingerprint density at radius 2 is 1.81 bits per heavy atom. The van der Waals surface area contributed by atoms with Crippen molar-refractivity contribution < 1.29 is 22.4 Å². The van der Waals surface area contributed by atoms with E-state index in [0.717, 1.165) is 11.1 Å². The summed E-state index contributed by atoms with van der Waals surface area (Å²) in [5.74, 6) is 1.28. The molecule has 2 heterocycles. The van der Waals surface area contributed by atoms with Crippen LogP contribution in [-0.2, 0) is 9.84 Å². The lowest BCUT2D eigenvalue weighted by atomic mass is 10.1. The number of rotatable bonds is 5. The van der Waals surface area contributed by atoms with Gasteiger partial charge in [-0.3, -0.25) is 0 Å². The van der Waals surface area contributed by atoms with Crippen LogP contribution in [0, 0.1) is 6.92 Å². The summed E-state index contributed by atoms with van der Waals surface area (Å²) in [6.07, 6.45) is 2.36. The number of sulfone groups is 1. The summed E-state index contributed by atoms with van der Waals surface area (Å²) in [7, 11) is -1.93. The lowest BCUT2D eigenvalue weighted by Crippen LogP contribution is -2.44. The number of furan rings is 1. The van der Waals surface area contributed by atoms with Crippen molar-refractivity contribution in [3.8, 4) is 17.1 Å². The van der Waals surface area contributed by atoms with E-state index >= 15 is 0 Å². The van der Waals surface area contributed by atoms with Crippen LogP contribution in [0.5, 0.6) is 5.75 Å². The number of hydrogen-bond donors (Lipinski definition) is 1. The number of carbonyl (C=O) groups excluding carboxylic acids is 1. The van der Waals surface area contributed by atoms with Gasteiger partial charge in [0.25, 0.3) is 0 Å². The molecular weight excluding hydrogens is 428 g/mol. The van der Waals surface area contributed by atoms with Crippen LogP contribution in [0.4, 0.5) is 10.5 Å². The monoisotopic (exact) mass is 454 g/mol. The number of nitrogens with one attached hydrogen (secondary N) is 1. The SMILES string of the molecule is COc1ccc(C)cc1NC(=O)N1CCC(S(=O)(=O)c2ccc(-c3ccco3)cc2)CC1. The normalized spacial score (nSPS) is 14.9. The number of benzene rings is 2. The molecule has 2 amide bonds. The number of ether oxygens (including phenoxy) is 1. The first kappa shape index (κ1) is 22.0. The molecule has 1 aliphatic rings. The molecule has 1 saturated heterocycles. The van der Waals surface area contributed by atoms with E-state index in [1.54, 1.807) is 54.7 Å². The highest BCUT2D eigenvalue weighted by molar-refractivity contribution is 7.92. The highest BCUT2D eigenvalue weighted by Crippen LogP contribution is 2.29. The fourth-order valence-corrected chi connectivity index (χ4v) is 5.66. The highest BCUT2D eigenvalue weighted by Gasteiger charge is 2.33. The lowest BCUT2D eigenvalue weighted by molar-refractivity contribution is 0.200. The molecule has 0 spiro atoms. The maximum atomic E-state index is 13.1. The third kappa shape index (κ3) is 4.50. The summed E-state index contributed by atoms with van der Waals surface area (Å²) in [4.78, 5) is 14.7. The molecule has 0 atom stereocenters. The number of methoxy groups -OCH3 is 1. The molecule has 3 aromatic rings. The average Bonchev–Trinajstić information content (AvgIpc) is 3.34. The van der Waals surface area contributed by atoms with Crippen LogP contribution in [-0.4, -0.2) is 44.8 Å². The second-order valence-corrected chi connectivity index (χ2v) is 10.1. The summed E-state index contributed by atoms with van der Waals surface area (Å²) < 4.78 is 36.9. The van der Waals surface area contributed by atoms with Crippen LogP contribution < -0.4 is 10.1 Å². The van der Waals surface area contributed by atoms with Crippen molar-refractivity contribution >= 4 is 21.6 Å². The number of anilines is 1. The summed E-state index contributed by atoms with van der Waals surface area (Å²) in [5, 5.41) is 2.36. The Kier molecular flexibility index (Phi) is 6.23. The van der Waals surface area contributed by atoms with Gasteiger partial charge in [0.1, 0.15) is 11.5 Å². The third-order valence-corrected chi connectivity index (χ3v) is 8.03. The smallest absolute Gasteiger partial charge is 0.321 e. The fourth-order valence-electron chi connectivity index (χ4n) is 3.93. The molecule has 0 unspecified atom stereocenters. The fraction of sp³-hybridized carbons (Fsp3) is 0.292. The van der Waals surface area contributed by atoms with Gasteiger partial charge in [0.2, 0.25) is 0 Å². The van der Waals surface area contributed by atoms with Crippen LogP contribution in [0.3, 0.4) is 0 Å². The first-order valence-corrected chi connectivity index (χ1v) is 12.0.